The number of nitrogens with one attached hydrogen (secondary N) is 1. The molecule has 0 saturated heterocycles. The van der Waals surface area contributed by atoms with Crippen molar-refractivity contribution in [1.82, 2.24) is 19.9 Å². The summed E-state index contributed by atoms with van der Waals surface area (Å²) >= 11 is 0. The molecule has 0 aliphatic heterocycles. The van der Waals surface area contributed by atoms with Crippen LogP contribution >= 0.6 is 0 Å². The number of hydrogen-bond acceptors (Lipinski definition) is 3. The van der Waals surface area contributed by atoms with E-state index in [1.165, 1.54) is 12.2 Å². The van der Waals surface area contributed by atoms with Crippen LogP contribution in [0.25, 0.3) is 11.7 Å². The number of hydrogen-bond donors (Lipinski definition) is 1. The van der Waals surface area contributed by atoms with E-state index in [-0.39, 0.29) is 17.6 Å². The molecule has 0 aliphatic rings. The second kappa shape index (κ2) is 8.06. The van der Waals surface area contributed by atoms with Crippen molar-refractivity contribution in [2.45, 2.75) is 39.4 Å². The van der Waals surface area contributed by atoms with Gasteiger partial charge in [-0.25, -0.2) is 9.50 Å². The lowest BCUT2D eigenvalue weighted by Crippen LogP contribution is -2.26. The third-order valence-electron chi connectivity index (χ3n) is 4.63. The fraction of sp³-hybridized carbons (Fsp3) is 0.286. The summed E-state index contributed by atoms with van der Waals surface area (Å²) in [6.07, 6.45) is -0.0265. The summed E-state index contributed by atoms with van der Waals surface area (Å²) in [4.78, 5) is 16.4. The van der Waals surface area contributed by atoms with Gasteiger partial charge in [0.1, 0.15) is 5.69 Å². The Labute approximate surface area is 166 Å². The fourth-order valence-corrected chi connectivity index (χ4v) is 3.08. The molecule has 1 atom stereocenters. The van der Waals surface area contributed by atoms with Crippen LogP contribution in [0.3, 0.4) is 0 Å². The number of amides is 1. The zero-order valence-corrected chi connectivity index (χ0v) is 16.3. The van der Waals surface area contributed by atoms with E-state index in [1.54, 1.807) is 6.92 Å². The zero-order chi connectivity index (χ0) is 21.2. The molecular formula is C21H21F3N4O. The van der Waals surface area contributed by atoms with E-state index in [0.717, 1.165) is 27.9 Å². The summed E-state index contributed by atoms with van der Waals surface area (Å²) in [6, 6.07) is 8.59. The molecule has 0 bridgehead atoms. The molecule has 1 aromatic carbocycles. The first-order valence-corrected chi connectivity index (χ1v) is 9.17. The number of carbonyl (C=O) groups is 1. The SMILES string of the molecule is CCC(NC(=O)/C=C/c1c(C)nn2c(C(F)(F)F)ccnc12)c1ccc(C)cc1. The van der Waals surface area contributed by atoms with Crippen LogP contribution in [0.5, 0.6) is 0 Å². The number of rotatable bonds is 5. The first kappa shape index (κ1) is 20.6. The summed E-state index contributed by atoms with van der Waals surface area (Å²) in [5.41, 5.74) is 1.97. The van der Waals surface area contributed by atoms with Gasteiger partial charge in [0.25, 0.3) is 0 Å². The third-order valence-corrected chi connectivity index (χ3v) is 4.63. The summed E-state index contributed by atoms with van der Waals surface area (Å²) in [5.74, 6) is -0.344. The molecule has 3 aromatic rings. The number of alkyl halides is 3. The van der Waals surface area contributed by atoms with E-state index in [4.69, 9.17) is 0 Å². The lowest BCUT2D eigenvalue weighted by Gasteiger charge is -2.16. The van der Waals surface area contributed by atoms with Gasteiger partial charge in [-0.1, -0.05) is 36.8 Å². The van der Waals surface area contributed by atoms with Crippen molar-refractivity contribution in [2.75, 3.05) is 0 Å². The first-order valence-electron chi connectivity index (χ1n) is 9.17. The van der Waals surface area contributed by atoms with Crippen molar-refractivity contribution >= 4 is 17.6 Å². The Balaban J connectivity index is 1.84. The molecule has 0 spiro atoms. The maximum Gasteiger partial charge on any atom is 0.433 e. The van der Waals surface area contributed by atoms with E-state index in [9.17, 15) is 18.0 Å². The van der Waals surface area contributed by atoms with Gasteiger partial charge < -0.3 is 5.32 Å². The molecule has 2 heterocycles. The summed E-state index contributed by atoms with van der Waals surface area (Å²) in [6.45, 7) is 5.53. The van der Waals surface area contributed by atoms with Crippen molar-refractivity contribution in [2.24, 2.45) is 0 Å². The number of carbonyl (C=O) groups excluding carboxylic acids is 1. The molecule has 29 heavy (non-hydrogen) atoms. The maximum absolute atomic E-state index is 13.2. The van der Waals surface area contributed by atoms with E-state index in [0.29, 0.717) is 17.7 Å². The topological polar surface area (TPSA) is 59.3 Å². The highest BCUT2D eigenvalue weighted by molar-refractivity contribution is 5.93. The molecule has 3 rings (SSSR count). The van der Waals surface area contributed by atoms with Crippen molar-refractivity contribution in [1.29, 1.82) is 0 Å². The second-order valence-electron chi connectivity index (χ2n) is 6.78. The highest BCUT2D eigenvalue weighted by Gasteiger charge is 2.34. The molecule has 5 nitrogen and oxygen atoms in total. The molecule has 1 amide bonds. The molecule has 1 unspecified atom stereocenters. The van der Waals surface area contributed by atoms with Gasteiger partial charge in [-0.2, -0.15) is 18.3 Å². The van der Waals surface area contributed by atoms with E-state index in [2.05, 4.69) is 15.4 Å². The smallest absolute Gasteiger partial charge is 0.346 e. The molecule has 1 N–H and O–H groups in total. The summed E-state index contributed by atoms with van der Waals surface area (Å²) in [7, 11) is 0. The maximum atomic E-state index is 13.2. The Kier molecular flexibility index (Phi) is 5.72. The Morgan fingerprint density at radius 1 is 1.21 bits per heavy atom. The number of nitrogens with zero attached hydrogens (tertiary/aromatic N) is 3. The molecule has 152 valence electrons. The van der Waals surface area contributed by atoms with E-state index in [1.807, 2.05) is 38.1 Å². The average molecular weight is 402 g/mol. The standard InChI is InChI=1S/C21H21F3N4O/c1-4-17(15-7-5-13(2)6-8-15)26-19(29)10-9-16-14(3)27-28-18(21(22,23)24)11-12-25-20(16)28/h5-12,17H,4H2,1-3H3,(H,26,29)/b10-9+. The summed E-state index contributed by atoms with van der Waals surface area (Å²) < 4.78 is 40.3. The minimum absolute atomic E-state index is 0.0481. The summed E-state index contributed by atoms with van der Waals surface area (Å²) in [5, 5.41) is 6.86. The predicted molar refractivity (Wildman–Crippen MR) is 104 cm³/mol. The van der Waals surface area contributed by atoms with Crippen LogP contribution in [-0.4, -0.2) is 20.5 Å². The van der Waals surface area contributed by atoms with Crippen LogP contribution in [0.2, 0.25) is 0 Å². The molecule has 8 heteroatoms. The highest BCUT2D eigenvalue weighted by Crippen LogP contribution is 2.30. The van der Waals surface area contributed by atoms with Gasteiger partial charge in [0.15, 0.2) is 5.65 Å². The van der Waals surface area contributed by atoms with Crippen LogP contribution in [0.1, 0.15) is 47.5 Å². The van der Waals surface area contributed by atoms with Crippen LogP contribution < -0.4 is 5.32 Å². The lowest BCUT2D eigenvalue weighted by atomic mass is 10.0. The van der Waals surface area contributed by atoms with Gasteiger partial charge in [0, 0.05) is 17.8 Å². The average Bonchev–Trinajstić information content (AvgIpc) is 2.99. The normalized spacial score (nSPS) is 13.2. The quantitative estimate of drug-likeness (QED) is 0.632. The van der Waals surface area contributed by atoms with Gasteiger partial charge >= 0.3 is 6.18 Å². The Bertz CT molecular complexity index is 1050. The number of fused-ring (bicyclic) bond motifs is 1. The number of halogens is 3. The van der Waals surface area contributed by atoms with Crippen LogP contribution in [0.4, 0.5) is 13.2 Å². The Morgan fingerprint density at radius 2 is 1.90 bits per heavy atom. The molecule has 0 fully saturated rings. The van der Waals surface area contributed by atoms with E-state index < -0.39 is 11.9 Å². The van der Waals surface area contributed by atoms with Gasteiger partial charge in [0.2, 0.25) is 5.91 Å². The van der Waals surface area contributed by atoms with Crippen LogP contribution in [0.15, 0.2) is 42.6 Å². The Morgan fingerprint density at radius 3 is 2.52 bits per heavy atom. The second-order valence-corrected chi connectivity index (χ2v) is 6.78. The van der Waals surface area contributed by atoms with Crippen LogP contribution in [-0.2, 0) is 11.0 Å². The minimum Gasteiger partial charge on any atom is -0.346 e. The van der Waals surface area contributed by atoms with Gasteiger partial charge in [0.05, 0.1) is 11.7 Å². The molecular weight excluding hydrogens is 381 g/mol. The van der Waals surface area contributed by atoms with Crippen molar-refractivity contribution in [3.8, 4) is 0 Å². The molecule has 0 aliphatic carbocycles. The fourth-order valence-electron chi connectivity index (χ4n) is 3.08. The lowest BCUT2D eigenvalue weighted by molar-refractivity contribution is -0.142. The van der Waals surface area contributed by atoms with Crippen molar-refractivity contribution in [3.05, 3.63) is 70.7 Å². The number of benzene rings is 1. The predicted octanol–water partition coefficient (Wildman–Crippen LogP) is 4.65. The van der Waals surface area contributed by atoms with Gasteiger partial charge in [-0.05, 0) is 38.0 Å². The third kappa shape index (κ3) is 4.47. The van der Waals surface area contributed by atoms with Crippen molar-refractivity contribution < 1.29 is 18.0 Å². The van der Waals surface area contributed by atoms with Gasteiger partial charge in [-0.15, -0.1) is 0 Å². The number of aryl methyl sites for hydroxylation is 2. The van der Waals surface area contributed by atoms with Crippen molar-refractivity contribution in [3.63, 3.8) is 0 Å². The first-order chi connectivity index (χ1) is 13.7. The van der Waals surface area contributed by atoms with Crippen LogP contribution in [0, 0.1) is 13.8 Å². The molecule has 0 radical (unpaired) electrons. The monoisotopic (exact) mass is 402 g/mol. The zero-order valence-electron chi connectivity index (χ0n) is 16.3. The number of aromatic nitrogens is 3. The largest absolute Gasteiger partial charge is 0.433 e. The highest BCUT2D eigenvalue weighted by atomic mass is 19.4. The molecule has 2 aromatic heterocycles. The minimum atomic E-state index is -4.56. The molecule has 0 saturated carbocycles. The van der Waals surface area contributed by atoms with E-state index >= 15 is 0 Å². The van der Waals surface area contributed by atoms with Gasteiger partial charge in [-0.3, -0.25) is 4.79 Å². The Hall–Kier alpha value is -3.16.